The van der Waals surface area contributed by atoms with Crippen LogP contribution in [0, 0.1) is 23.0 Å². The topological polar surface area (TPSA) is 103 Å². The number of benzene rings is 1. The summed E-state index contributed by atoms with van der Waals surface area (Å²) in [5.41, 5.74) is 0.323. The van der Waals surface area contributed by atoms with E-state index >= 15 is 0 Å². The molecule has 2 aliphatic rings. The van der Waals surface area contributed by atoms with Gasteiger partial charge in [0.05, 0.1) is 6.54 Å². The van der Waals surface area contributed by atoms with Gasteiger partial charge in [0.15, 0.2) is 11.6 Å². The van der Waals surface area contributed by atoms with Crippen molar-refractivity contribution >= 4 is 17.6 Å². The fraction of sp³-hybridized carbons (Fsp3) is 0.381. The van der Waals surface area contributed by atoms with Gasteiger partial charge in [-0.2, -0.15) is 5.26 Å². The number of hydrogen-bond acceptors (Lipinski definition) is 6. The Balaban J connectivity index is 1.36. The number of ether oxygens (including phenoxy) is 1. The second-order valence-electron chi connectivity index (χ2n) is 7.50. The highest BCUT2D eigenvalue weighted by atomic mass is 19.2. The first-order valence-electron chi connectivity index (χ1n) is 10.1. The number of carbonyl (C=O) groups is 2. The van der Waals surface area contributed by atoms with Crippen LogP contribution in [0.2, 0.25) is 0 Å². The lowest BCUT2D eigenvalue weighted by atomic mass is 10.1. The second-order valence-corrected chi connectivity index (χ2v) is 7.50. The molecular weight excluding hydrogens is 422 g/mol. The van der Waals surface area contributed by atoms with Crippen LogP contribution in [-0.4, -0.2) is 70.5 Å². The van der Waals surface area contributed by atoms with Crippen LogP contribution in [0.1, 0.15) is 18.5 Å². The minimum Gasteiger partial charge on any atom is -0.470 e. The number of urea groups is 1. The summed E-state index contributed by atoms with van der Waals surface area (Å²) in [4.78, 5) is 37.8. The molecule has 2 aromatic rings. The molecule has 4 rings (SSSR count). The summed E-state index contributed by atoms with van der Waals surface area (Å²) in [6, 6.07) is 4.75. The van der Waals surface area contributed by atoms with Crippen LogP contribution < -0.4 is 9.64 Å². The number of anilines is 1. The molecule has 9 nitrogen and oxygen atoms in total. The van der Waals surface area contributed by atoms with E-state index < -0.39 is 17.7 Å². The fourth-order valence-electron chi connectivity index (χ4n) is 3.79. The lowest BCUT2D eigenvalue weighted by Crippen LogP contribution is -2.48. The third kappa shape index (κ3) is 4.44. The summed E-state index contributed by atoms with van der Waals surface area (Å²) in [6.45, 7) is 1.27. The molecule has 0 bridgehead atoms. The maximum Gasteiger partial charge on any atom is 0.325 e. The van der Waals surface area contributed by atoms with E-state index in [9.17, 15) is 18.4 Å². The molecule has 1 aromatic carbocycles. The van der Waals surface area contributed by atoms with Gasteiger partial charge in [0.2, 0.25) is 11.6 Å². The van der Waals surface area contributed by atoms with Crippen molar-refractivity contribution in [3.05, 3.63) is 47.9 Å². The number of nitriles is 1. The molecule has 32 heavy (non-hydrogen) atoms. The van der Waals surface area contributed by atoms with Crippen molar-refractivity contribution in [2.75, 3.05) is 37.6 Å². The smallest absolute Gasteiger partial charge is 0.325 e. The Morgan fingerprint density at radius 2 is 2.00 bits per heavy atom. The predicted octanol–water partition coefficient (Wildman–Crippen LogP) is 1.94. The monoisotopic (exact) mass is 442 g/mol. The Morgan fingerprint density at radius 1 is 1.19 bits per heavy atom. The number of likely N-dealkylation sites (tertiary alicyclic amines) is 1. The van der Waals surface area contributed by atoms with Crippen LogP contribution in [0.4, 0.5) is 19.3 Å². The van der Waals surface area contributed by atoms with E-state index in [-0.39, 0.29) is 42.4 Å². The number of nitrogens with zero attached hydrogens (tertiary/aromatic N) is 6. The molecule has 3 heterocycles. The van der Waals surface area contributed by atoms with Gasteiger partial charge in [-0.25, -0.2) is 23.5 Å². The predicted molar refractivity (Wildman–Crippen MR) is 108 cm³/mol. The number of halogens is 2. The van der Waals surface area contributed by atoms with Gasteiger partial charge in [0.25, 0.3) is 5.88 Å². The van der Waals surface area contributed by atoms with Crippen molar-refractivity contribution in [1.82, 2.24) is 19.8 Å². The van der Waals surface area contributed by atoms with Crippen LogP contribution >= 0.6 is 0 Å². The average Bonchev–Trinajstić information content (AvgIpc) is 3.16. The molecular formula is C21H20F2N6O3. The highest BCUT2D eigenvalue weighted by molar-refractivity contribution is 5.96. The summed E-state index contributed by atoms with van der Waals surface area (Å²) in [6.07, 6.45) is 3.88. The Kier molecular flexibility index (Phi) is 6.11. The Hall–Kier alpha value is -3.81. The van der Waals surface area contributed by atoms with Crippen molar-refractivity contribution in [1.29, 1.82) is 5.26 Å². The molecule has 1 atom stereocenters. The normalized spacial score (nSPS) is 18.6. The van der Waals surface area contributed by atoms with Crippen molar-refractivity contribution in [3.63, 3.8) is 0 Å². The summed E-state index contributed by atoms with van der Waals surface area (Å²) in [7, 11) is 0. The Bertz CT molecular complexity index is 1080. The molecule has 1 aromatic heterocycles. The molecule has 1 unspecified atom stereocenters. The van der Waals surface area contributed by atoms with Crippen LogP contribution in [0.25, 0.3) is 0 Å². The first-order valence-corrected chi connectivity index (χ1v) is 10.1. The molecule has 0 radical (unpaired) electrons. The zero-order chi connectivity index (χ0) is 22.7. The van der Waals surface area contributed by atoms with Crippen LogP contribution in [0.5, 0.6) is 5.88 Å². The van der Waals surface area contributed by atoms with Gasteiger partial charge in [-0.05, 0) is 25.0 Å². The van der Waals surface area contributed by atoms with Gasteiger partial charge >= 0.3 is 6.03 Å². The lowest BCUT2D eigenvalue weighted by Gasteiger charge is -2.33. The number of carbonyl (C=O) groups excluding carboxylic acids is 2. The lowest BCUT2D eigenvalue weighted by molar-refractivity contribution is -0.134. The van der Waals surface area contributed by atoms with Crippen molar-refractivity contribution < 1.29 is 23.1 Å². The van der Waals surface area contributed by atoms with Crippen LogP contribution in [0.15, 0.2) is 30.6 Å². The highest BCUT2D eigenvalue weighted by Gasteiger charge is 2.34. The molecule has 0 spiro atoms. The summed E-state index contributed by atoms with van der Waals surface area (Å²) < 4.78 is 32.5. The minimum absolute atomic E-state index is 0.0796. The third-order valence-electron chi connectivity index (χ3n) is 5.42. The van der Waals surface area contributed by atoms with E-state index in [1.165, 1.54) is 28.3 Å². The van der Waals surface area contributed by atoms with Crippen LogP contribution in [-0.2, 0) is 4.79 Å². The zero-order valence-corrected chi connectivity index (χ0v) is 17.1. The van der Waals surface area contributed by atoms with Gasteiger partial charge in [0.1, 0.15) is 18.7 Å². The van der Waals surface area contributed by atoms with E-state index in [2.05, 4.69) is 9.97 Å². The molecule has 0 aliphatic carbocycles. The SMILES string of the molecule is N#Cc1nccnc1OC1CCCN(C(=O)CN2CCN(c3ccc(F)c(F)c3)C2=O)C1. The Labute approximate surface area is 182 Å². The largest absolute Gasteiger partial charge is 0.470 e. The zero-order valence-electron chi connectivity index (χ0n) is 17.1. The summed E-state index contributed by atoms with van der Waals surface area (Å²) >= 11 is 0. The number of rotatable bonds is 5. The molecule has 0 N–H and O–H groups in total. The van der Waals surface area contributed by atoms with Gasteiger partial charge in [0, 0.05) is 43.8 Å². The molecule has 11 heteroatoms. The number of piperidine rings is 1. The van der Waals surface area contributed by atoms with Gasteiger partial charge in [-0.3, -0.25) is 9.69 Å². The van der Waals surface area contributed by atoms with Crippen molar-refractivity contribution in [2.24, 2.45) is 0 Å². The first kappa shape index (κ1) is 21.4. The standard InChI is InChI=1S/C21H20F2N6O3/c22-16-4-3-14(10-17(16)23)29-9-8-28(21(29)31)13-19(30)27-7-1-2-15(12-27)32-20-18(11-24)25-5-6-26-20/h3-6,10,15H,1-2,7-9,12-13H2. The molecule has 3 amide bonds. The van der Waals surface area contributed by atoms with Crippen molar-refractivity contribution in [2.45, 2.75) is 18.9 Å². The summed E-state index contributed by atoms with van der Waals surface area (Å²) in [5.74, 6) is -2.13. The van der Waals surface area contributed by atoms with Crippen LogP contribution in [0.3, 0.4) is 0 Å². The highest BCUT2D eigenvalue weighted by Crippen LogP contribution is 2.23. The van der Waals surface area contributed by atoms with E-state index in [0.29, 0.717) is 32.5 Å². The first-order chi connectivity index (χ1) is 15.5. The Morgan fingerprint density at radius 3 is 2.78 bits per heavy atom. The number of hydrogen-bond donors (Lipinski definition) is 0. The van der Waals surface area contributed by atoms with Gasteiger partial charge in [-0.1, -0.05) is 0 Å². The molecule has 2 saturated heterocycles. The van der Waals surface area contributed by atoms with E-state index in [0.717, 1.165) is 12.1 Å². The third-order valence-corrected chi connectivity index (χ3v) is 5.42. The summed E-state index contributed by atoms with van der Waals surface area (Å²) in [5, 5.41) is 9.13. The molecule has 2 aliphatic heterocycles. The van der Waals surface area contributed by atoms with E-state index in [1.54, 1.807) is 4.90 Å². The second kappa shape index (κ2) is 9.13. The number of aromatic nitrogens is 2. The maximum absolute atomic E-state index is 13.5. The quantitative estimate of drug-likeness (QED) is 0.701. The molecule has 2 fully saturated rings. The van der Waals surface area contributed by atoms with Gasteiger partial charge < -0.3 is 14.5 Å². The van der Waals surface area contributed by atoms with E-state index in [4.69, 9.17) is 10.00 Å². The minimum atomic E-state index is -1.04. The maximum atomic E-state index is 13.5. The van der Waals surface area contributed by atoms with Gasteiger partial charge in [-0.15, -0.1) is 0 Å². The van der Waals surface area contributed by atoms with E-state index in [1.807, 2.05) is 6.07 Å². The number of amides is 3. The van der Waals surface area contributed by atoms with Crippen molar-refractivity contribution in [3.8, 4) is 11.9 Å². The fourth-order valence-corrected chi connectivity index (χ4v) is 3.79. The molecule has 166 valence electrons. The molecule has 0 saturated carbocycles. The average molecular weight is 442 g/mol.